The Bertz CT molecular complexity index is 430. The smallest absolute Gasteiger partial charge is 0.272 e. The third-order valence-electron chi connectivity index (χ3n) is 3.99. The highest BCUT2D eigenvalue weighted by molar-refractivity contribution is 5.92. The minimum Gasteiger partial charge on any atom is -0.396 e. The number of aromatic nitrogens is 2. The van der Waals surface area contributed by atoms with E-state index in [-0.39, 0.29) is 24.0 Å². The Kier molecular flexibility index (Phi) is 3.71. The molecule has 1 aliphatic carbocycles. The summed E-state index contributed by atoms with van der Waals surface area (Å²) in [4.78, 5) is 12.1. The maximum atomic E-state index is 12.1. The second-order valence-corrected chi connectivity index (χ2v) is 5.36. The van der Waals surface area contributed by atoms with Crippen LogP contribution in [0, 0.1) is 5.41 Å². The van der Waals surface area contributed by atoms with Crippen molar-refractivity contribution in [3.63, 3.8) is 0 Å². The van der Waals surface area contributed by atoms with Crippen molar-refractivity contribution in [2.45, 2.75) is 45.6 Å². The summed E-state index contributed by atoms with van der Waals surface area (Å²) < 4.78 is 0. The number of aliphatic hydroxyl groups excluding tert-OH is 1. The van der Waals surface area contributed by atoms with Crippen LogP contribution in [0.25, 0.3) is 0 Å². The summed E-state index contributed by atoms with van der Waals surface area (Å²) in [6, 6.07) is 1.82. The Balaban J connectivity index is 2.03. The van der Waals surface area contributed by atoms with E-state index in [9.17, 15) is 9.90 Å². The van der Waals surface area contributed by atoms with Crippen LogP contribution in [0.1, 0.15) is 49.3 Å². The van der Waals surface area contributed by atoms with Crippen molar-refractivity contribution in [2.75, 3.05) is 6.61 Å². The standard InChI is InChI=1S/C13H21N3O2/c1-3-9-7-10(16-15-9)12(18)14-11-5-4-6-13(11,2)8-17/h7,11,17H,3-6,8H2,1-2H3,(H,14,18)(H,15,16). The molecule has 3 N–H and O–H groups in total. The molecule has 1 heterocycles. The van der Waals surface area contributed by atoms with E-state index >= 15 is 0 Å². The van der Waals surface area contributed by atoms with E-state index in [1.54, 1.807) is 6.07 Å². The van der Waals surface area contributed by atoms with E-state index in [1.807, 2.05) is 13.8 Å². The fourth-order valence-corrected chi connectivity index (χ4v) is 2.56. The number of hydrogen-bond donors (Lipinski definition) is 3. The van der Waals surface area contributed by atoms with Gasteiger partial charge in [-0.2, -0.15) is 5.10 Å². The Morgan fingerprint density at radius 3 is 3.11 bits per heavy atom. The molecule has 5 heteroatoms. The largest absolute Gasteiger partial charge is 0.396 e. The van der Waals surface area contributed by atoms with Gasteiger partial charge in [0.2, 0.25) is 0 Å². The highest BCUT2D eigenvalue weighted by Crippen LogP contribution is 2.37. The fourth-order valence-electron chi connectivity index (χ4n) is 2.56. The molecule has 1 aliphatic rings. The molecule has 0 spiro atoms. The topological polar surface area (TPSA) is 78.0 Å². The second kappa shape index (κ2) is 5.10. The van der Waals surface area contributed by atoms with Gasteiger partial charge in [-0.3, -0.25) is 9.89 Å². The molecule has 18 heavy (non-hydrogen) atoms. The molecule has 100 valence electrons. The van der Waals surface area contributed by atoms with Gasteiger partial charge in [0.1, 0.15) is 5.69 Å². The van der Waals surface area contributed by atoms with Crippen molar-refractivity contribution in [1.82, 2.24) is 15.5 Å². The van der Waals surface area contributed by atoms with E-state index in [2.05, 4.69) is 15.5 Å². The van der Waals surface area contributed by atoms with Crippen molar-refractivity contribution in [2.24, 2.45) is 5.41 Å². The molecule has 1 aromatic rings. The van der Waals surface area contributed by atoms with Gasteiger partial charge < -0.3 is 10.4 Å². The predicted molar refractivity (Wildman–Crippen MR) is 68.3 cm³/mol. The quantitative estimate of drug-likeness (QED) is 0.753. The monoisotopic (exact) mass is 251 g/mol. The van der Waals surface area contributed by atoms with E-state index < -0.39 is 0 Å². The number of carbonyl (C=O) groups is 1. The van der Waals surface area contributed by atoms with Crippen molar-refractivity contribution >= 4 is 5.91 Å². The first kappa shape index (κ1) is 13.1. The second-order valence-electron chi connectivity index (χ2n) is 5.36. The van der Waals surface area contributed by atoms with Gasteiger partial charge in [0.05, 0.1) is 6.61 Å². The molecule has 5 nitrogen and oxygen atoms in total. The third-order valence-corrected chi connectivity index (χ3v) is 3.99. The maximum absolute atomic E-state index is 12.1. The lowest BCUT2D eigenvalue weighted by Gasteiger charge is -2.29. The number of nitrogens with one attached hydrogen (secondary N) is 2. The normalized spacial score (nSPS) is 27.4. The molecule has 2 rings (SSSR count). The molecule has 1 fully saturated rings. The van der Waals surface area contributed by atoms with Gasteiger partial charge >= 0.3 is 0 Å². The molecular formula is C13H21N3O2. The number of aliphatic hydroxyl groups is 1. The minimum absolute atomic E-state index is 0.0387. The van der Waals surface area contributed by atoms with Gasteiger partial charge in [-0.1, -0.05) is 20.3 Å². The van der Waals surface area contributed by atoms with Gasteiger partial charge in [0.15, 0.2) is 0 Å². The molecule has 0 aliphatic heterocycles. The third kappa shape index (κ3) is 2.41. The highest BCUT2D eigenvalue weighted by atomic mass is 16.3. The molecule has 0 bridgehead atoms. The Labute approximate surface area is 107 Å². The van der Waals surface area contributed by atoms with Crippen LogP contribution < -0.4 is 5.32 Å². The number of aryl methyl sites for hydroxylation is 1. The summed E-state index contributed by atoms with van der Waals surface area (Å²) in [5, 5.41) is 19.3. The average Bonchev–Trinajstić information content (AvgIpc) is 2.97. The van der Waals surface area contributed by atoms with Crippen LogP contribution in [-0.4, -0.2) is 33.9 Å². The summed E-state index contributed by atoms with van der Waals surface area (Å²) in [6.07, 6.45) is 3.75. The molecule has 0 radical (unpaired) electrons. The molecule has 1 aromatic heterocycles. The zero-order valence-corrected chi connectivity index (χ0v) is 11.0. The van der Waals surface area contributed by atoms with Crippen LogP contribution in [0.3, 0.4) is 0 Å². The zero-order valence-electron chi connectivity index (χ0n) is 11.0. The maximum Gasteiger partial charge on any atom is 0.272 e. The molecule has 2 atom stereocenters. The first-order valence-electron chi connectivity index (χ1n) is 6.55. The highest BCUT2D eigenvalue weighted by Gasteiger charge is 2.39. The minimum atomic E-state index is -0.195. The summed E-state index contributed by atoms with van der Waals surface area (Å²) >= 11 is 0. The van der Waals surface area contributed by atoms with Gasteiger partial charge in [-0.25, -0.2) is 0 Å². The molecule has 0 aromatic carbocycles. The summed E-state index contributed by atoms with van der Waals surface area (Å²) in [5.74, 6) is -0.155. The van der Waals surface area contributed by atoms with Crippen molar-refractivity contribution in [3.05, 3.63) is 17.5 Å². The average molecular weight is 251 g/mol. The van der Waals surface area contributed by atoms with Crippen LogP contribution in [0.5, 0.6) is 0 Å². The van der Waals surface area contributed by atoms with Gasteiger partial charge in [-0.05, 0) is 25.3 Å². The number of aromatic amines is 1. The van der Waals surface area contributed by atoms with E-state index in [1.165, 1.54) is 0 Å². The number of nitrogens with zero attached hydrogens (tertiary/aromatic N) is 1. The van der Waals surface area contributed by atoms with Gasteiger partial charge in [-0.15, -0.1) is 0 Å². The van der Waals surface area contributed by atoms with Gasteiger partial charge in [0.25, 0.3) is 5.91 Å². The number of H-pyrrole nitrogens is 1. The molecule has 0 saturated heterocycles. The first-order valence-corrected chi connectivity index (χ1v) is 6.55. The van der Waals surface area contributed by atoms with Crippen LogP contribution in [0.15, 0.2) is 6.07 Å². The van der Waals surface area contributed by atoms with Crippen molar-refractivity contribution in [1.29, 1.82) is 0 Å². The number of amides is 1. The van der Waals surface area contributed by atoms with E-state index in [4.69, 9.17) is 0 Å². The Morgan fingerprint density at radius 1 is 1.72 bits per heavy atom. The van der Waals surface area contributed by atoms with Gasteiger partial charge in [0, 0.05) is 17.2 Å². The number of carbonyl (C=O) groups excluding carboxylic acids is 1. The fraction of sp³-hybridized carbons (Fsp3) is 0.692. The molecule has 1 saturated carbocycles. The van der Waals surface area contributed by atoms with Crippen LogP contribution >= 0.6 is 0 Å². The van der Waals surface area contributed by atoms with Crippen LogP contribution in [0.4, 0.5) is 0 Å². The predicted octanol–water partition coefficient (Wildman–Crippen LogP) is 1.25. The molecular weight excluding hydrogens is 230 g/mol. The number of rotatable bonds is 4. The Hall–Kier alpha value is -1.36. The van der Waals surface area contributed by atoms with Crippen LogP contribution in [0.2, 0.25) is 0 Å². The lowest BCUT2D eigenvalue weighted by atomic mass is 9.86. The first-order chi connectivity index (χ1) is 8.59. The molecule has 1 amide bonds. The number of hydrogen-bond acceptors (Lipinski definition) is 3. The summed E-state index contributed by atoms with van der Waals surface area (Å²) in [5.41, 5.74) is 1.19. The van der Waals surface area contributed by atoms with E-state index in [0.29, 0.717) is 5.69 Å². The lowest BCUT2D eigenvalue weighted by Crippen LogP contribution is -2.44. The van der Waals surface area contributed by atoms with Crippen LogP contribution in [-0.2, 0) is 6.42 Å². The van der Waals surface area contributed by atoms with Crippen molar-refractivity contribution < 1.29 is 9.90 Å². The van der Waals surface area contributed by atoms with Crippen molar-refractivity contribution in [3.8, 4) is 0 Å². The SMILES string of the molecule is CCc1cc(C(=O)NC2CCCC2(C)CO)n[nH]1. The summed E-state index contributed by atoms with van der Waals surface area (Å²) in [7, 11) is 0. The lowest BCUT2D eigenvalue weighted by molar-refractivity contribution is 0.0826. The Morgan fingerprint density at radius 2 is 2.50 bits per heavy atom. The van der Waals surface area contributed by atoms with E-state index in [0.717, 1.165) is 31.4 Å². The zero-order chi connectivity index (χ0) is 13.2. The summed E-state index contributed by atoms with van der Waals surface area (Å²) in [6.45, 7) is 4.14. The molecule has 2 unspecified atom stereocenters.